The average Bonchev–Trinajstić information content (AvgIpc) is 3.09. The van der Waals surface area contributed by atoms with Crippen molar-refractivity contribution in [2.75, 3.05) is 11.5 Å². The molecule has 0 atom stereocenters. The summed E-state index contributed by atoms with van der Waals surface area (Å²) in [7, 11) is -3.75. The molecule has 0 amide bonds. The molecular weight excluding hydrogens is 374 g/mol. The molecule has 0 radical (unpaired) electrons. The summed E-state index contributed by atoms with van der Waals surface area (Å²) < 4.78 is 38.9. The van der Waals surface area contributed by atoms with Gasteiger partial charge in [0, 0.05) is 16.7 Å². The lowest BCUT2D eigenvalue weighted by molar-refractivity contribution is 0.174. The summed E-state index contributed by atoms with van der Waals surface area (Å²) in [5.74, 6) is 1.05. The maximum Gasteiger partial charge on any atom is 0.261 e. The van der Waals surface area contributed by atoms with Crippen LogP contribution in [0.1, 0.15) is 0 Å². The molecule has 7 heteroatoms. The largest absolute Gasteiger partial charge is 0.454 e. The van der Waals surface area contributed by atoms with Gasteiger partial charge in [-0.2, -0.15) is 0 Å². The minimum atomic E-state index is -3.75. The fourth-order valence-corrected chi connectivity index (χ4v) is 4.01. The molecule has 1 aliphatic rings. The number of anilines is 1. The van der Waals surface area contributed by atoms with Crippen LogP contribution < -0.4 is 14.2 Å². The van der Waals surface area contributed by atoms with Gasteiger partial charge >= 0.3 is 0 Å². The Bertz CT molecular complexity index is 1070. The molecule has 5 nitrogen and oxygen atoms in total. The maximum absolute atomic E-state index is 12.7. The van der Waals surface area contributed by atoms with Crippen LogP contribution in [0, 0.1) is 0 Å². The second-order valence-corrected chi connectivity index (χ2v) is 7.80. The van der Waals surface area contributed by atoms with E-state index in [1.54, 1.807) is 48.5 Å². The second kappa shape index (κ2) is 6.55. The summed E-state index contributed by atoms with van der Waals surface area (Å²) in [4.78, 5) is 0.176. The quantitative estimate of drug-likeness (QED) is 0.714. The third kappa shape index (κ3) is 3.21. The van der Waals surface area contributed by atoms with E-state index in [1.165, 1.54) is 12.1 Å². The molecule has 1 N–H and O–H groups in total. The fourth-order valence-electron chi connectivity index (χ4n) is 2.72. The minimum absolute atomic E-state index is 0.0964. The first kappa shape index (κ1) is 16.8. The first-order chi connectivity index (χ1) is 12.5. The van der Waals surface area contributed by atoms with Crippen molar-refractivity contribution in [3.63, 3.8) is 0 Å². The molecule has 0 bridgehead atoms. The molecule has 1 aliphatic heterocycles. The zero-order valence-electron chi connectivity index (χ0n) is 13.5. The van der Waals surface area contributed by atoms with Crippen LogP contribution in [-0.2, 0) is 10.0 Å². The Hall–Kier alpha value is -2.70. The van der Waals surface area contributed by atoms with Crippen LogP contribution in [0.25, 0.3) is 11.1 Å². The first-order valence-electron chi connectivity index (χ1n) is 7.80. The predicted octanol–water partition coefficient (Wildman–Crippen LogP) is 4.54. The zero-order valence-corrected chi connectivity index (χ0v) is 15.0. The smallest absolute Gasteiger partial charge is 0.261 e. The monoisotopic (exact) mass is 387 g/mol. The van der Waals surface area contributed by atoms with Crippen molar-refractivity contribution in [2.45, 2.75) is 4.90 Å². The number of rotatable bonds is 4. The molecule has 0 saturated heterocycles. The number of fused-ring (bicyclic) bond motifs is 1. The topological polar surface area (TPSA) is 64.6 Å². The van der Waals surface area contributed by atoms with Crippen LogP contribution in [0.4, 0.5) is 5.69 Å². The Kier molecular flexibility index (Phi) is 4.22. The van der Waals surface area contributed by atoms with E-state index in [0.29, 0.717) is 27.8 Å². The van der Waals surface area contributed by atoms with Crippen molar-refractivity contribution < 1.29 is 17.9 Å². The minimum Gasteiger partial charge on any atom is -0.454 e. The van der Waals surface area contributed by atoms with E-state index in [2.05, 4.69) is 4.72 Å². The summed E-state index contributed by atoms with van der Waals surface area (Å²) in [6, 6.07) is 18.7. The van der Waals surface area contributed by atoms with Crippen molar-refractivity contribution in [1.82, 2.24) is 0 Å². The lowest BCUT2D eigenvalue weighted by Gasteiger charge is -2.14. The highest BCUT2D eigenvalue weighted by Gasteiger charge is 2.22. The summed E-state index contributed by atoms with van der Waals surface area (Å²) in [6.07, 6.45) is 0. The molecule has 0 saturated carbocycles. The Morgan fingerprint density at radius 3 is 2.35 bits per heavy atom. The third-order valence-electron chi connectivity index (χ3n) is 3.95. The van der Waals surface area contributed by atoms with E-state index < -0.39 is 10.0 Å². The Labute approximate surface area is 156 Å². The summed E-state index contributed by atoms with van der Waals surface area (Å²) >= 11 is 6.10. The van der Waals surface area contributed by atoms with Gasteiger partial charge in [-0.1, -0.05) is 41.9 Å². The van der Waals surface area contributed by atoms with E-state index in [4.69, 9.17) is 21.1 Å². The SMILES string of the molecule is O=S(=O)(Nc1cc2c(cc1-c1cccc(Cl)c1)OCO2)c1ccccc1. The molecule has 132 valence electrons. The molecule has 3 aromatic carbocycles. The van der Waals surface area contributed by atoms with Crippen molar-refractivity contribution >= 4 is 27.3 Å². The second-order valence-electron chi connectivity index (χ2n) is 5.68. The summed E-state index contributed by atoms with van der Waals surface area (Å²) in [5.41, 5.74) is 1.80. The van der Waals surface area contributed by atoms with Crippen molar-refractivity contribution in [2.24, 2.45) is 0 Å². The predicted molar refractivity (Wildman–Crippen MR) is 100 cm³/mol. The van der Waals surface area contributed by atoms with Crippen LogP contribution in [0.5, 0.6) is 11.5 Å². The average molecular weight is 388 g/mol. The molecular formula is C19H14ClNO4S. The van der Waals surface area contributed by atoms with Crippen molar-refractivity contribution in [3.05, 3.63) is 71.8 Å². The molecule has 0 spiro atoms. The van der Waals surface area contributed by atoms with Gasteiger partial charge in [-0.25, -0.2) is 8.42 Å². The van der Waals surface area contributed by atoms with Gasteiger partial charge in [0.1, 0.15) is 0 Å². The van der Waals surface area contributed by atoms with Gasteiger partial charge in [0.05, 0.1) is 10.6 Å². The molecule has 3 aromatic rings. The number of nitrogens with one attached hydrogen (secondary N) is 1. The van der Waals surface area contributed by atoms with Gasteiger partial charge in [-0.3, -0.25) is 4.72 Å². The summed E-state index contributed by atoms with van der Waals surface area (Å²) in [6.45, 7) is 0.0964. The van der Waals surface area contributed by atoms with Crippen LogP contribution in [0.15, 0.2) is 71.6 Å². The molecule has 0 aliphatic carbocycles. The Morgan fingerprint density at radius 2 is 1.62 bits per heavy atom. The highest BCUT2D eigenvalue weighted by atomic mass is 35.5. The Morgan fingerprint density at radius 1 is 0.885 bits per heavy atom. The number of benzene rings is 3. The highest BCUT2D eigenvalue weighted by molar-refractivity contribution is 7.92. The van der Waals surface area contributed by atoms with Gasteiger partial charge in [-0.05, 0) is 35.9 Å². The highest BCUT2D eigenvalue weighted by Crippen LogP contribution is 2.42. The van der Waals surface area contributed by atoms with Crippen molar-refractivity contribution in [1.29, 1.82) is 0 Å². The number of ether oxygens (including phenoxy) is 2. The number of halogens is 1. The number of hydrogen-bond acceptors (Lipinski definition) is 4. The van der Waals surface area contributed by atoms with E-state index in [1.807, 2.05) is 6.07 Å². The van der Waals surface area contributed by atoms with E-state index in [0.717, 1.165) is 5.56 Å². The molecule has 0 fully saturated rings. The van der Waals surface area contributed by atoms with E-state index >= 15 is 0 Å². The normalized spacial score (nSPS) is 12.8. The standard InChI is InChI=1S/C19H14ClNO4S/c20-14-6-4-5-13(9-14)16-10-18-19(25-12-24-18)11-17(16)21-26(22,23)15-7-2-1-3-8-15/h1-11,21H,12H2. The van der Waals surface area contributed by atoms with Crippen LogP contribution in [-0.4, -0.2) is 15.2 Å². The molecule has 0 aromatic heterocycles. The lowest BCUT2D eigenvalue weighted by atomic mass is 10.0. The van der Waals surface area contributed by atoms with Crippen LogP contribution in [0.2, 0.25) is 5.02 Å². The van der Waals surface area contributed by atoms with Gasteiger partial charge in [0.25, 0.3) is 10.0 Å². The number of hydrogen-bond donors (Lipinski definition) is 1. The Balaban J connectivity index is 1.83. The molecule has 1 heterocycles. The maximum atomic E-state index is 12.7. The first-order valence-corrected chi connectivity index (χ1v) is 9.66. The lowest BCUT2D eigenvalue weighted by Crippen LogP contribution is -2.13. The zero-order chi connectivity index (χ0) is 18.1. The molecule has 0 unspecified atom stereocenters. The van der Waals surface area contributed by atoms with Gasteiger partial charge < -0.3 is 9.47 Å². The van der Waals surface area contributed by atoms with Crippen LogP contribution in [0.3, 0.4) is 0 Å². The van der Waals surface area contributed by atoms with Crippen LogP contribution >= 0.6 is 11.6 Å². The molecule has 4 rings (SSSR count). The third-order valence-corrected chi connectivity index (χ3v) is 5.56. The summed E-state index contributed by atoms with van der Waals surface area (Å²) in [5, 5.41) is 0.553. The van der Waals surface area contributed by atoms with Gasteiger partial charge in [0.15, 0.2) is 11.5 Å². The van der Waals surface area contributed by atoms with Crippen molar-refractivity contribution in [3.8, 4) is 22.6 Å². The van der Waals surface area contributed by atoms with E-state index in [-0.39, 0.29) is 11.7 Å². The van der Waals surface area contributed by atoms with E-state index in [9.17, 15) is 8.42 Å². The van der Waals surface area contributed by atoms with Gasteiger partial charge in [0.2, 0.25) is 6.79 Å². The number of sulfonamides is 1. The fraction of sp³-hybridized carbons (Fsp3) is 0.0526. The van der Waals surface area contributed by atoms with Gasteiger partial charge in [-0.15, -0.1) is 0 Å². The molecule has 26 heavy (non-hydrogen) atoms.